The quantitative estimate of drug-likeness (QED) is 0.873. The zero-order chi connectivity index (χ0) is 13.9. The Bertz CT molecular complexity index is 465. The summed E-state index contributed by atoms with van der Waals surface area (Å²) in [4.78, 5) is 18.1. The Balaban J connectivity index is 1.51. The first-order chi connectivity index (χ1) is 9.76. The van der Waals surface area contributed by atoms with Gasteiger partial charge < -0.3 is 15.8 Å². The second kappa shape index (κ2) is 6.20. The normalized spacial score (nSPS) is 25.4. The highest BCUT2D eigenvalue weighted by Crippen LogP contribution is 2.26. The number of aryl methyl sites for hydroxylation is 2. The average Bonchev–Trinajstić information content (AvgIpc) is 3.10. The first kappa shape index (κ1) is 14.0. The molecule has 1 aromatic heterocycles. The summed E-state index contributed by atoms with van der Waals surface area (Å²) in [7, 11) is 0. The maximum atomic E-state index is 12.0. The fourth-order valence-corrected chi connectivity index (χ4v) is 3.93. The van der Waals surface area contributed by atoms with Crippen molar-refractivity contribution in [3.63, 3.8) is 0 Å². The Morgan fingerprint density at radius 2 is 2.25 bits per heavy atom. The van der Waals surface area contributed by atoms with E-state index in [1.807, 2.05) is 0 Å². The summed E-state index contributed by atoms with van der Waals surface area (Å²) < 4.78 is 5.59. The summed E-state index contributed by atoms with van der Waals surface area (Å²) in [5, 5.41) is 3.95. The number of hydrogen-bond donors (Lipinski definition) is 2. The maximum absolute atomic E-state index is 12.0. The minimum absolute atomic E-state index is 0.0332. The van der Waals surface area contributed by atoms with Crippen molar-refractivity contribution in [1.29, 1.82) is 0 Å². The molecule has 3 N–H and O–H groups in total. The third-order valence-electron chi connectivity index (χ3n) is 3.97. The van der Waals surface area contributed by atoms with Gasteiger partial charge in [-0.3, -0.25) is 4.79 Å². The highest BCUT2D eigenvalue weighted by atomic mass is 32.1. The Hall–Kier alpha value is -0.980. The van der Waals surface area contributed by atoms with E-state index in [0.717, 1.165) is 30.7 Å². The van der Waals surface area contributed by atoms with Gasteiger partial charge in [0.25, 0.3) is 0 Å². The van der Waals surface area contributed by atoms with E-state index in [9.17, 15) is 4.79 Å². The Labute approximate surface area is 122 Å². The van der Waals surface area contributed by atoms with Crippen LogP contribution in [0.4, 0.5) is 0 Å². The molecule has 20 heavy (non-hydrogen) atoms. The molecule has 1 aliphatic carbocycles. The molecule has 0 radical (unpaired) electrons. The number of fused-ring (bicyclic) bond motifs is 1. The van der Waals surface area contributed by atoms with Gasteiger partial charge in [-0.15, -0.1) is 11.3 Å². The van der Waals surface area contributed by atoms with Gasteiger partial charge in [0.05, 0.1) is 18.3 Å². The number of aromatic nitrogens is 1. The Kier molecular flexibility index (Phi) is 4.33. The second-order valence-electron chi connectivity index (χ2n) is 5.46. The number of ether oxygens (including phenoxy) is 1. The molecule has 5 nitrogen and oxygen atoms in total. The summed E-state index contributed by atoms with van der Waals surface area (Å²) in [6.07, 6.45) is 6.07. The van der Waals surface area contributed by atoms with Gasteiger partial charge >= 0.3 is 0 Å². The van der Waals surface area contributed by atoms with Crippen LogP contribution in [0.3, 0.4) is 0 Å². The highest BCUT2D eigenvalue weighted by molar-refractivity contribution is 7.11. The van der Waals surface area contributed by atoms with E-state index in [1.54, 1.807) is 11.3 Å². The van der Waals surface area contributed by atoms with Crippen LogP contribution in [0.2, 0.25) is 0 Å². The third-order valence-corrected chi connectivity index (χ3v) is 5.12. The summed E-state index contributed by atoms with van der Waals surface area (Å²) >= 11 is 1.74. The molecule has 2 heterocycles. The third kappa shape index (κ3) is 3.02. The summed E-state index contributed by atoms with van der Waals surface area (Å²) in [6, 6.07) is 0. The maximum Gasteiger partial charge on any atom is 0.249 e. The van der Waals surface area contributed by atoms with Crippen LogP contribution in [0.25, 0.3) is 0 Å². The molecular formula is C14H21N3O2S. The van der Waals surface area contributed by atoms with Crippen LogP contribution in [0, 0.1) is 0 Å². The van der Waals surface area contributed by atoms with Crippen molar-refractivity contribution in [2.24, 2.45) is 5.73 Å². The van der Waals surface area contributed by atoms with Gasteiger partial charge in [-0.1, -0.05) is 0 Å². The van der Waals surface area contributed by atoms with E-state index in [2.05, 4.69) is 10.3 Å². The van der Waals surface area contributed by atoms with Gasteiger partial charge in [-0.05, 0) is 38.5 Å². The lowest BCUT2D eigenvalue weighted by molar-refractivity contribution is -0.132. The van der Waals surface area contributed by atoms with E-state index < -0.39 is 0 Å². The molecule has 1 saturated heterocycles. The van der Waals surface area contributed by atoms with Crippen LogP contribution >= 0.6 is 11.3 Å². The lowest BCUT2D eigenvalue weighted by Gasteiger charge is -2.11. The number of carbonyl (C=O) groups is 1. The van der Waals surface area contributed by atoms with Crippen molar-refractivity contribution in [3.8, 4) is 0 Å². The summed E-state index contributed by atoms with van der Waals surface area (Å²) in [5.41, 5.74) is 6.79. The summed E-state index contributed by atoms with van der Waals surface area (Å²) in [5.74, 6) is -0.0332. The lowest BCUT2D eigenvalue weighted by atomic mass is 10.0. The number of thiazole rings is 1. The van der Waals surface area contributed by atoms with Crippen molar-refractivity contribution in [2.45, 2.75) is 57.3 Å². The average molecular weight is 295 g/mol. The zero-order valence-electron chi connectivity index (χ0n) is 11.6. The Morgan fingerprint density at radius 3 is 3.00 bits per heavy atom. The molecule has 1 aliphatic heterocycles. The topological polar surface area (TPSA) is 77.2 Å². The number of nitrogens with two attached hydrogens (primary N) is 1. The van der Waals surface area contributed by atoms with Crippen LogP contribution < -0.4 is 11.1 Å². The van der Waals surface area contributed by atoms with E-state index in [-0.39, 0.29) is 18.1 Å². The minimum Gasteiger partial charge on any atom is -0.364 e. The highest BCUT2D eigenvalue weighted by Gasteiger charge is 2.29. The van der Waals surface area contributed by atoms with Crippen LogP contribution in [0.15, 0.2) is 0 Å². The molecule has 3 rings (SSSR count). The second-order valence-corrected chi connectivity index (χ2v) is 6.63. The number of nitrogens with one attached hydrogen (secondary N) is 1. The zero-order valence-corrected chi connectivity index (χ0v) is 12.4. The fraction of sp³-hybridized carbons (Fsp3) is 0.714. The molecule has 2 atom stereocenters. The molecule has 0 bridgehead atoms. The largest absolute Gasteiger partial charge is 0.364 e. The van der Waals surface area contributed by atoms with Gasteiger partial charge in [0.2, 0.25) is 5.91 Å². The van der Waals surface area contributed by atoms with Crippen molar-refractivity contribution in [2.75, 3.05) is 6.54 Å². The molecule has 0 unspecified atom stereocenters. The van der Waals surface area contributed by atoms with Crippen molar-refractivity contribution in [1.82, 2.24) is 10.3 Å². The number of amides is 1. The van der Waals surface area contributed by atoms with Gasteiger partial charge in [0, 0.05) is 11.4 Å². The SMILES string of the molecule is NC[C@H]1CC[C@@H](C(=O)NCc2nc3c(s2)CCCC3)O1. The van der Waals surface area contributed by atoms with E-state index >= 15 is 0 Å². The predicted molar refractivity (Wildman–Crippen MR) is 77.6 cm³/mol. The number of hydrogen-bond acceptors (Lipinski definition) is 5. The molecule has 1 aromatic rings. The van der Waals surface area contributed by atoms with Crippen LogP contribution in [-0.2, 0) is 28.9 Å². The Morgan fingerprint density at radius 1 is 1.40 bits per heavy atom. The molecule has 0 spiro atoms. The molecule has 1 fully saturated rings. The molecule has 2 aliphatic rings. The molecule has 0 saturated carbocycles. The molecule has 0 aromatic carbocycles. The molecular weight excluding hydrogens is 274 g/mol. The number of rotatable bonds is 4. The predicted octanol–water partition coefficient (Wildman–Crippen LogP) is 1.14. The first-order valence-electron chi connectivity index (χ1n) is 7.37. The standard InChI is InChI=1S/C14H21N3O2S/c15-7-9-5-6-11(19-9)14(18)16-8-13-17-10-3-1-2-4-12(10)20-13/h9,11H,1-8,15H2,(H,16,18)/t9-,11+/m1/s1. The first-order valence-corrected chi connectivity index (χ1v) is 8.18. The van der Waals surface area contributed by atoms with Crippen molar-refractivity contribution in [3.05, 3.63) is 15.6 Å². The molecule has 110 valence electrons. The number of carbonyl (C=O) groups excluding carboxylic acids is 1. The summed E-state index contributed by atoms with van der Waals surface area (Å²) in [6.45, 7) is 1.01. The molecule has 6 heteroatoms. The van der Waals surface area contributed by atoms with Crippen LogP contribution in [0.5, 0.6) is 0 Å². The van der Waals surface area contributed by atoms with Gasteiger partial charge in [-0.2, -0.15) is 0 Å². The van der Waals surface area contributed by atoms with E-state index in [1.165, 1.54) is 23.4 Å². The number of nitrogens with zero attached hydrogens (tertiary/aromatic N) is 1. The van der Waals surface area contributed by atoms with E-state index in [4.69, 9.17) is 10.5 Å². The van der Waals surface area contributed by atoms with Crippen LogP contribution in [-0.4, -0.2) is 29.6 Å². The van der Waals surface area contributed by atoms with Crippen molar-refractivity contribution < 1.29 is 9.53 Å². The lowest BCUT2D eigenvalue weighted by Crippen LogP contribution is -2.35. The van der Waals surface area contributed by atoms with Gasteiger partial charge in [-0.25, -0.2) is 4.98 Å². The monoisotopic (exact) mass is 295 g/mol. The van der Waals surface area contributed by atoms with Crippen LogP contribution in [0.1, 0.15) is 41.3 Å². The fourth-order valence-electron chi connectivity index (χ4n) is 2.83. The smallest absolute Gasteiger partial charge is 0.249 e. The van der Waals surface area contributed by atoms with Crippen molar-refractivity contribution >= 4 is 17.2 Å². The molecule has 1 amide bonds. The van der Waals surface area contributed by atoms with E-state index in [0.29, 0.717) is 13.1 Å². The van der Waals surface area contributed by atoms with Gasteiger partial charge in [0.1, 0.15) is 11.1 Å². The minimum atomic E-state index is -0.335. The van der Waals surface area contributed by atoms with Gasteiger partial charge in [0.15, 0.2) is 0 Å².